The van der Waals surface area contributed by atoms with E-state index in [9.17, 15) is 9.18 Å². The van der Waals surface area contributed by atoms with Crippen molar-refractivity contribution in [1.29, 1.82) is 0 Å². The summed E-state index contributed by atoms with van der Waals surface area (Å²) < 4.78 is 18.9. The van der Waals surface area contributed by atoms with Crippen molar-refractivity contribution in [3.8, 4) is 5.75 Å². The van der Waals surface area contributed by atoms with Crippen molar-refractivity contribution in [2.45, 2.75) is 6.61 Å². The molecule has 0 amide bonds. The third-order valence-corrected chi connectivity index (χ3v) is 3.08. The van der Waals surface area contributed by atoms with Gasteiger partial charge >= 0.3 is 0 Å². The van der Waals surface area contributed by atoms with Gasteiger partial charge in [-0.3, -0.25) is 4.79 Å². The van der Waals surface area contributed by atoms with E-state index in [1.807, 2.05) is 0 Å². The van der Waals surface area contributed by atoms with E-state index in [1.54, 1.807) is 24.3 Å². The molecule has 0 heterocycles. The highest BCUT2D eigenvalue weighted by Gasteiger charge is 2.08. The Bertz CT molecular complexity index is 594. The van der Waals surface area contributed by atoms with Crippen LogP contribution in [0.1, 0.15) is 15.9 Å². The summed E-state index contributed by atoms with van der Waals surface area (Å²) in [6.07, 6.45) is 0. The van der Waals surface area contributed by atoms with Gasteiger partial charge < -0.3 is 4.74 Å². The average molecular weight is 299 g/mol. The van der Waals surface area contributed by atoms with Gasteiger partial charge in [0.15, 0.2) is 0 Å². The minimum atomic E-state index is -0.575. The number of benzene rings is 2. The van der Waals surface area contributed by atoms with Crippen LogP contribution in [0.4, 0.5) is 4.39 Å². The minimum absolute atomic E-state index is 0.0224. The maximum atomic E-state index is 13.5. The Morgan fingerprint density at radius 1 is 1.21 bits per heavy atom. The molecule has 0 saturated carbocycles. The summed E-state index contributed by atoms with van der Waals surface area (Å²) in [7, 11) is 0. The normalized spacial score (nSPS) is 10.3. The van der Waals surface area contributed by atoms with Crippen LogP contribution >= 0.6 is 23.2 Å². The van der Waals surface area contributed by atoms with E-state index >= 15 is 0 Å². The van der Waals surface area contributed by atoms with Crippen LogP contribution in [0.2, 0.25) is 5.02 Å². The molecule has 2 nitrogen and oxygen atoms in total. The number of hydrogen-bond donors (Lipinski definition) is 0. The lowest BCUT2D eigenvalue weighted by Crippen LogP contribution is -2.00. The molecule has 2 aromatic rings. The van der Waals surface area contributed by atoms with Gasteiger partial charge in [0.2, 0.25) is 0 Å². The van der Waals surface area contributed by atoms with Gasteiger partial charge in [0, 0.05) is 11.1 Å². The molecule has 19 heavy (non-hydrogen) atoms. The van der Waals surface area contributed by atoms with E-state index in [0.717, 1.165) is 0 Å². The molecule has 0 atom stereocenters. The second kappa shape index (κ2) is 6.04. The standard InChI is InChI=1S/C14H9Cl2FO2/c15-12-5-2-6-13(17)11(12)8-19-10-4-1-3-9(7-10)14(16)18/h1-7H,8H2. The number of carbonyl (C=O) groups excluding carboxylic acids is 1. The number of rotatable bonds is 4. The second-order valence-electron chi connectivity index (χ2n) is 3.79. The first-order chi connectivity index (χ1) is 9.08. The van der Waals surface area contributed by atoms with Crippen molar-refractivity contribution in [3.05, 3.63) is 64.4 Å². The minimum Gasteiger partial charge on any atom is -0.489 e. The molecule has 98 valence electrons. The van der Waals surface area contributed by atoms with Crippen molar-refractivity contribution in [3.63, 3.8) is 0 Å². The van der Waals surface area contributed by atoms with E-state index in [1.165, 1.54) is 18.2 Å². The molecule has 0 fully saturated rings. The topological polar surface area (TPSA) is 26.3 Å². The maximum absolute atomic E-state index is 13.5. The molecule has 0 spiro atoms. The molecule has 0 aliphatic rings. The summed E-state index contributed by atoms with van der Waals surface area (Å²) >= 11 is 11.2. The summed E-state index contributed by atoms with van der Waals surface area (Å²) in [5.41, 5.74) is 0.588. The molecule has 2 rings (SSSR count). The first kappa shape index (κ1) is 13.8. The zero-order chi connectivity index (χ0) is 13.8. The molecule has 5 heteroatoms. The lowest BCUT2D eigenvalue weighted by Gasteiger charge is -2.09. The first-order valence-electron chi connectivity index (χ1n) is 5.43. The highest BCUT2D eigenvalue weighted by atomic mass is 35.5. The van der Waals surface area contributed by atoms with Gasteiger partial charge in [-0.25, -0.2) is 4.39 Å². The summed E-state index contributed by atoms with van der Waals surface area (Å²) in [6.45, 7) is -0.0224. The maximum Gasteiger partial charge on any atom is 0.252 e. The molecule has 0 bridgehead atoms. The van der Waals surface area contributed by atoms with Crippen LogP contribution in [0.3, 0.4) is 0 Å². The van der Waals surface area contributed by atoms with E-state index in [-0.39, 0.29) is 12.2 Å². The van der Waals surface area contributed by atoms with Gasteiger partial charge in [-0.2, -0.15) is 0 Å². The Labute approximate surface area is 119 Å². The van der Waals surface area contributed by atoms with Gasteiger partial charge in [-0.1, -0.05) is 23.7 Å². The zero-order valence-electron chi connectivity index (χ0n) is 9.70. The third kappa shape index (κ3) is 3.46. The van der Waals surface area contributed by atoms with Crippen LogP contribution in [-0.2, 0) is 6.61 Å². The van der Waals surface area contributed by atoms with Gasteiger partial charge in [0.25, 0.3) is 5.24 Å². The Hall–Kier alpha value is -1.58. The largest absolute Gasteiger partial charge is 0.489 e. The molecular weight excluding hydrogens is 290 g/mol. The Morgan fingerprint density at radius 2 is 1.95 bits per heavy atom. The molecular formula is C14H9Cl2FO2. The SMILES string of the molecule is O=C(Cl)c1cccc(OCc2c(F)cccc2Cl)c1. The molecule has 0 aliphatic carbocycles. The number of hydrogen-bond acceptors (Lipinski definition) is 2. The summed E-state index contributed by atoms with van der Waals surface area (Å²) in [4.78, 5) is 11.0. The number of carbonyl (C=O) groups is 1. The smallest absolute Gasteiger partial charge is 0.252 e. The molecule has 0 aromatic heterocycles. The van der Waals surface area contributed by atoms with Gasteiger partial charge in [-0.15, -0.1) is 0 Å². The summed E-state index contributed by atoms with van der Waals surface area (Å²) in [5, 5.41) is -0.279. The molecule has 2 aromatic carbocycles. The quantitative estimate of drug-likeness (QED) is 0.780. The predicted molar refractivity (Wildman–Crippen MR) is 72.4 cm³/mol. The van der Waals surface area contributed by atoms with Gasteiger partial charge in [0.05, 0.1) is 5.02 Å². The van der Waals surface area contributed by atoms with E-state index in [4.69, 9.17) is 27.9 Å². The molecule has 0 N–H and O–H groups in total. The fourth-order valence-corrected chi connectivity index (χ4v) is 1.87. The first-order valence-corrected chi connectivity index (χ1v) is 6.19. The predicted octanol–water partition coefficient (Wildman–Crippen LogP) is 4.44. The monoisotopic (exact) mass is 298 g/mol. The van der Waals surface area contributed by atoms with E-state index < -0.39 is 11.1 Å². The fourth-order valence-electron chi connectivity index (χ4n) is 1.53. The van der Waals surface area contributed by atoms with Crippen molar-refractivity contribution in [2.75, 3.05) is 0 Å². The highest BCUT2D eigenvalue weighted by molar-refractivity contribution is 6.67. The Morgan fingerprint density at radius 3 is 2.63 bits per heavy atom. The lowest BCUT2D eigenvalue weighted by molar-refractivity contribution is 0.108. The van der Waals surface area contributed by atoms with E-state index in [2.05, 4.69) is 0 Å². The van der Waals surface area contributed by atoms with Crippen molar-refractivity contribution in [2.24, 2.45) is 0 Å². The highest BCUT2D eigenvalue weighted by Crippen LogP contribution is 2.22. The van der Waals surface area contributed by atoms with E-state index in [0.29, 0.717) is 16.3 Å². The molecule has 0 radical (unpaired) electrons. The van der Waals surface area contributed by atoms with Crippen molar-refractivity contribution >= 4 is 28.4 Å². The molecule has 0 aliphatic heterocycles. The van der Waals surface area contributed by atoms with Crippen LogP contribution in [0.5, 0.6) is 5.75 Å². The van der Waals surface area contributed by atoms with Crippen molar-refractivity contribution in [1.82, 2.24) is 0 Å². The van der Waals surface area contributed by atoms with Gasteiger partial charge in [-0.05, 0) is 41.9 Å². The Kier molecular flexibility index (Phi) is 4.40. The van der Waals surface area contributed by atoms with Crippen LogP contribution < -0.4 is 4.74 Å². The average Bonchev–Trinajstić information content (AvgIpc) is 2.38. The van der Waals surface area contributed by atoms with Crippen LogP contribution in [0.15, 0.2) is 42.5 Å². The zero-order valence-corrected chi connectivity index (χ0v) is 11.2. The molecule has 0 saturated heterocycles. The van der Waals surface area contributed by atoms with Crippen LogP contribution in [0, 0.1) is 5.82 Å². The molecule has 0 unspecified atom stereocenters. The summed E-state index contributed by atoms with van der Waals surface area (Å²) in [5.74, 6) is -0.0112. The summed E-state index contributed by atoms with van der Waals surface area (Å²) in [6, 6.07) is 10.8. The van der Waals surface area contributed by atoms with Crippen LogP contribution in [0.25, 0.3) is 0 Å². The fraction of sp³-hybridized carbons (Fsp3) is 0.0714. The number of halogens is 3. The second-order valence-corrected chi connectivity index (χ2v) is 4.54. The van der Waals surface area contributed by atoms with Gasteiger partial charge in [0.1, 0.15) is 18.2 Å². The van der Waals surface area contributed by atoms with Crippen molar-refractivity contribution < 1.29 is 13.9 Å². The van der Waals surface area contributed by atoms with Crippen LogP contribution in [-0.4, -0.2) is 5.24 Å². The Balaban J connectivity index is 2.15. The number of ether oxygens (including phenoxy) is 1. The lowest BCUT2D eigenvalue weighted by atomic mass is 10.2. The third-order valence-electron chi connectivity index (χ3n) is 2.51.